The summed E-state index contributed by atoms with van der Waals surface area (Å²) in [6.07, 6.45) is 2.28. The van der Waals surface area contributed by atoms with Crippen molar-refractivity contribution in [3.05, 3.63) is 23.4 Å². The van der Waals surface area contributed by atoms with Crippen LogP contribution < -0.4 is 10.1 Å². The number of hydrogen-bond donors (Lipinski definition) is 1. The minimum absolute atomic E-state index is 0.182. The minimum atomic E-state index is 0.182. The van der Waals surface area contributed by atoms with Crippen LogP contribution in [-0.2, 0) is 17.7 Å². The van der Waals surface area contributed by atoms with Crippen molar-refractivity contribution < 1.29 is 9.47 Å². The summed E-state index contributed by atoms with van der Waals surface area (Å²) in [5.41, 5.74) is 2.36. The maximum Gasteiger partial charge on any atom is 0.214 e. The third-order valence-electron chi connectivity index (χ3n) is 2.89. The Kier molecular flexibility index (Phi) is 4.96. The molecule has 0 unspecified atom stereocenters. The van der Waals surface area contributed by atoms with Gasteiger partial charge in [-0.2, -0.15) is 0 Å². The van der Waals surface area contributed by atoms with E-state index in [4.69, 9.17) is 9.47 Å². The Hall–Kier alpha value is -1.13. The first-order valence-electron chi connectivity index (χ1n) is 6.76. The van der Waals surface area contributed by atoms with Crippen LogP contribution in [0.2, 0.25) is 0 Å². The highest BCUT2D eigenvalue weighted by Gasteiger charge is 2.20. The lowest BCUT2D eigenvalue weighted by molar-refractivity contribution is -0.0814. The molecule has 0 saturated carbocycles. The summed E-state index contributed by atoms with van der Waals surface area (Å²) < 4.78 is 10.9. The van der Waals surface area contributed by atoms with Gasteiger partial charge in [-0.25, -0.2) is 4.98 Å². The van der Waals surface area contributed by atoms with Crippen LogP contribution in [0.3, 0.4) is 0 Å². The van der Waals surface area contributed by atoms with Crippen molar-refractivity contribution in [2.75, 3.05) is 19.8 Å². The molecule has 2 rings (SSSR count). The molecule has 18 heavy (non-hydrogen) atoms. The van der Waals surface area contributed by atoms with E-state index >= 15 is 0 Å². The molecule has 1 N–H and O–H groups in total. The van der Waals surface area contributed by atoms with Crippen molar-refractivity contribution in [3.8, 4) is 5.88 Å². The van der Waals surface area contributed by atoms with Crippen molar-refractivity contribution in [2.45, 2.75) is 39.3 Å². The molecule has 1 saturated heterocycles. The summed E-state index contributed by atoms with van der Waals surface area (Å²) in [6, 6.07) is 4.19. The van der Waals surface area contributed by atoms with E-state index in [9.17, 15) is 0 Å². The number of pyridine rings is 1. The molecule has 1 aromatic rings. The maximum absolute atomic E-state index is 5.79. The Balaban J connectivity index is 2.07. The van der Waals surface area contributed by atoms with E-state index < -0.39 is 0 Å². The smallest absolute Gasteiger partial charge is 0.214 e. The van der Waals surface area contributed by atoms with Gasteiger partial charge in [-0.3, -0.25) is 0 Å². The zero-order valence-electron chi connectivity index (χ0n) is 11.2. The topological polar surface area (TPSA) is 43.4 Å². The number of nitrogens with one attached hydrogen (secondary N) is 1. The summed E-state index contributed by atoms with van der Waals surface area (Å²) in [6.45, 7) is 7.48. The second-order valence-electron chi connectivity index (χ2n) is 4.61. The van der Waals surface area contributed by atoms with E-state index in [1.54, 1.807) is 0 Å². The van der Waals surface area contributed by atoms with Gasteiger partial charge >= 0.3 is 0 Å². The zero-order valence-corrected chi connectivity index (χ0v) is 11.2. The second kappa shape index (κ2) is 6.71. The summed E-state index contributed by atoms with van der Waals surface area (Å²) in [5, 5.41) is 3.33. The van der Waals surface area contributed by atoms with Crippen molar-refractivity contribution >= 4 is 0 Å². The molecule has 4 nitrogen and oxygen atoms in total. The SMILES string of the molecule is CCCc1cc(CNCC)cc(OC2COC2)n1. The maximum atomic E-state index is 5.79. The fourth-order valence-corrected chi connectivity index (χ4v) is 1.89. The Morgan fingerprint density at radius 2 is 2.22 bits per heavy atom. The zero-order chi connectivity index (χ0) is 12.8. The standard InChI is InChI=1S/C14H22N2O2/c1-3-5-12-6-11(8-15-4-2)7-14(16-12)18-13-9-17-10-13/h6-7,13,15H,3-5,8-10H2,1-2H3. The van der Waals surface area contributed by atoms with Crippen molar-refractivity contribution in [3.63, 3.8) is 0 Å². The molecule has 1 aliphatic rings. The Morgan fingerprint density at radius 3 is 2.83 bits per heavy atom. The summed E-state index contributed by atoms with van der Waals surface area (Å²) in [5.74, 6) is 0.738. The van der Waals surface area contributed by atoms with Gasteiger partial charge in [0, 0.05) is 18.3 Å². The molecule has 0 radical (unpaired) electrons. The molecule has 0 aliphatic carbocycles. The largest absolute Gasteiger partial charge is 0.469 e. The highest BCUT2D eigenvalue weighted by molar-refractivity contribution is 5.25. The number of hydrogen-bond acceptors (Lipinski definition) is 4. The molecule has 0 atom stereocenters. The average Bonchev–Trinajstić information content (AvgIpc) is 2.32. The van der Waals surface area contributed by atoms with Crippen LogP contribution in [0.15, 0.2) is 12.1 Å². The Bertz CT molecular complexity index is 378. The van der Waals surface area contributed by atoms with Crippen LogP contribution in [0.1, 0.15) is 31.5 Å². The van der Waals surface area contributed by atoms with Crippen molar-refractivity contribution in [1.29, 1.82) is 0 Å². The molecule has 0 spiro atoms. The monoisotopic (exact) mass is 250 g/mol. The van der Waals surface area contributed by atoms with Crippen molar-refractivity contribution in [2.24, 2.45) is 0 Å². The van der Waals surface area contributed by atoms with E-state index in [-0.39, 0.29) is 6.10 Å². The number of ether oxygens (including phenoxy) is 2. The first-order chi connectivity index (χ1) is 8.81. The van der Waals surface area contributed by atoms with Gasteiger partial charge in [0.1, 0.15) is 6.10 Å². The van der Waals surface area contributed by atoms with Gasteiger partial charge in [-0.15, -0.1) is 0 Å². The Morgan fingerprint density at radius 1 is 1.39 bits per heavy atom. The molecule has 0 amide bonds. The predicted molar refractivity (Wildman–Crippen MR) is 70.8 cm³/mol. The van der Waals surface area contributed by atoms with Crippen LogP contribution in [0, 0.1) is 0 Å². The van der Waals surface area contributed by atoms with Gasteiger partial charge in [0.2, 0.25) is 5.88 Å². The fraction of sp³-hybridized carbons (Fsp3) is 0.643. The van der Waals surface area contributed by atoms with E-state index in [0.29, 0.717) is 13.2 Å². The van der Waals surface area contributed by atoms with Gasteiger partial charge in [-0.05, 0) is 24.6 Å². The summed E-state index contributed by atoms with van der Waals surface area (Å²) in [4.78, 5) is 4.55. The second-order valence-corrected chi connectivity index (χ2v) is 4.61. The van der Waals surface area contributed by atoms with E-state index in [2.05, 4.69) is 30.2 Å². The number of nitrogens with zero attached hydrogens (tertiary/aromatic N) is 1. The first-order valence-corrected chi connectivity index (χ1v) is 6.76. The van der Waals surface area contributed by atoms with Crippen LogP contribution in [0.4, 0.5) is 0 Å². The summed E-state index contributed by atoms with van der Waals surface area (Å²) in [7, 11) is 0. The van der Waals surface area contributed by atoms with E-state index in [1.807, 2.05) is 6.07 Å². The lowest BCUT2D eigenvalue weighted by atomic mass is 10.1. The highest BCUT2D eigenvalue weighted by Crippen LogP contribution is 2.17. The molecule has 0 aromatic carbocycles. The quantitative estimate of drug-likeness (QED) is 0.803. The third-order valence-corrected chi connectivity index (χ3v) is 2.89. The van der Waals surface area contributed by atoms with Crippen LogP contribution in [0.5, 0.6) is 5.88 Å². The van der Waals surface area contributed by atoms with Gasteiger partial charge < -0.3 is 14.8 Å². The molecular weight excluding hydrogens is 228 g/mol. The fourth-order valence-electron chi connectivity index (χ4n) is 1.89. The van der Waals surface area contributed by atoms with Gasteiger partial charge in [0.15, 0.2) is 0 Å². The molecule has 2 heterocycles. The number of aryl methyl sites for hydroxylation is 1. The highest BCUT2D eigenvalue weighted by atomic mass is 16.6. The molecule has 1 aromatic heterocycles. The van der Waals surface area contributed by atoms with Gasteiger partial charge in [0.05, 0.1) is 13.2 Å². The number of aromatic nitrogens is 1. The average molecular weight is 250 g/mol. The normalized spacial score (nSPS) is 15.4. The van der Waals surface area contributed by atoms with E-state index in [0.717, 1.165) is 37.5 Å². The van der Waals surface area contributed by atoms with Crippen LogP contribution >= 0.6 is 0 Å². The van der Waals surface area contributed by atoms with E-state index in [1.165, 1.54) is 5.56 Å². The molecule has 4 heteroatoms. The lowest BCUT2D eigenvalue weighted by Gasteiger charge is -2.26. The molecule has 1 fully saturated rings. The lowest BCUT2D eigenvalue weighted by Crippen LogP contribution is -2.38. The first kappa shape index (κ1) is 13.3. The summed E-state index contributed by atoms with van der Waals surface area (Å²) >= 11 is 0. The molecule has 100 valence electrons. The molecule has 0 bridgehead atoms. The number of rotatable bonds is 7. The van der Waals surface area contributed by atoms with Crippen LogP contribution in [0.25, 0.3) is 0 Å². The molecule has 1 aliphatic heterocycles. The minimum Gasteiger partial charge on any atom is -0.469 e. The van der Waals surface area contributed by atoms with Crippen LogP contribution in [-0.4, -0.2) is 30.8 Å². The van der Waals surface area contributed by atoms with Crippen molar-refractivity contribution in [1.82, 2.24) is 10.3 Å². The predicted octanol–water partition coefficient (Wildman–Crippen LogP) is 1.92. The third kappa shape index (κ3) is 3.68. The molecular formula is C14H22N2O2. The van der Waals surface area contributed by atoms with Gasteiger partial charge in [-0.1, -0.05) is 20.3 Å². The van der Waals surface area contributed by atoms with Gasteiger partial charge in [0.25, 0.3) is 0 Å². The Labute approximate surface area is 109 Å².